The number of hydrogen-bond acceptors (Lipinski definition) is 6. The van der Waals surface area contributed by atoms with Crippen molar-refractivity contribution in [1.29, 1.82) is 0 Å². The SMILES string of the molecule is C1CC1OC1CNC1.C1CCOC1.CC(C)(C)OC(=O)N1CC(OC2CC2)C1.Cl. The number of ether oxygens (including phenoxy) is 4. The second-order valence-electron chi connectivity index (χ2n) is 9.28. The van der Waals surface area contributed by atoms with Crippen LogP contribution in [0.3, 0.4) is 0 Å². The molecule has 5 fully saturated rings. The summed E-state index contributed by atoms with van der Waals surface area (Å²) >= 11 is 0. The minimum absolute atomic E-state index is 0. The fraction of sp³-hybridized carbons (Fsp3) is 0.952. The fourth-order valence-corrected chi connectivity index (χ4v) is 2.82. The van der Waals surface area contributed by atoms with Crippen molar-refractivity contribution >= 4 is 18.5 Å². The van der Waals surface area contributed by atoms with Crippen molar-refractivity contribution in [2.75, 3.05) is 39.4 Å². The van der Waals surface area contributed by atoms with Gasteiger partial charge < -0.3 is 29.2 Å². The summed E-state index contributed by atoms with van der Waals surface area (Å²) in [5.41, 5.74) is -0.403. The number of amides is 1. The molecule has 5 rings (SSSR count). The number of likely N-dealkylation sites (tertiary alicyclic amines) is 1. The first-order valence-electron chi connectivity index (χ1n) is 11.0. The highest BCUT2D eigenvalue weighted by Gasteiger charge is 2.37. The van der Waals surface area contributed by atoms with E-state index in [0.29, 0.717) is 31.4 Å². The quantitative estimate of drug-likeness (QED) is 0.733. The predicted octanol–water partition coefficient (Wildman–Crippen LogP) is 3.14. The van der Waals surface area contributed by atoms with Gasteiger partial charge in [-0.15, -0.1) is 12.4 Å². The fourth-order valence-electron chi connectivity index (χ4n) is 2.82. The average molecular weight is 435 g/mol. The maximum Gasteiger partial charge on any atom is 0.410 e. The van der Waals surface area contributed by atoms with E-state index in [2.05, 4.69) is 5.32 Å². The molecule has 0 atom stereocenters. The van der Waals surface area contributed by atoms with E-state index >= 15 is 0 Å². The number of carbonyl (C=O) groups excluding carboxylic acids is 1. The van der Waals surface area contributed by atoms with Crippen LogP contribution in [0.25, 0.3) is 0 Å². The number of carbonyl (C=O) groups is 1. The Kier molecular flexibility index (Phi) is 9.95. The Balaban J connectivity index is 0.000000178. The van der Waals surface area contributed by atoms with E-state index < -0.39 is 5.60 Å². The number of nitrogens with one attached hydrogen (secondary N) is 1. The maximum atomic E-state index is 11.5. The Bertz CT molecular complexity index is 472. The van der Waals surface area contributed by atoms with E-state index in [1.165, 1.54) is 38.5 Å². The van der Waals surface area contributed by atoms with Gasteiger partial charge in [-0.25, -0.2) is 4.79 Å². The van der Waals surface area contributed by atoms with Crippen LogP contribution >= 0.6 is 12.4 Å². The number of hydrogen-bond donors (Lipinski definition) is 1. The topological polar surface area (TPSA) is 69.3 Å². The van der Waals surface area contributed by atoms with Gasteiger partial charge in [0.1, 0.15) is 5.60 Å². The normalized spacial score (nSPS) is 24.0. The van der Waals surface area contributed by atoms with E-state index in [9.17, 15) is 4.79 Å². The summed E-state index contributed by atoms with van der Waals surface area (Å²) in [5, 5.41) is 3.17. The summed E-state index contributed by atoms with van der Waals surface area (Å²) in [4.78, 5) is 13.2. The van der Waals surface area contributed by atoms with Gasteiger partial charge in [-0.2, -0.15) is 0 Å². The third kappa shape index (κ3) is 10.3. The van der Waals surface area contributed by atoms with Crippen molar-refractivity contribution in [1.82, 2.24) is 10.2 Å². The third-order valence-corrected chi connectivity index (χ3v) is 4.89. The average Bonchev–Trinajstić information content (AvgIpc) is 3.47. The van der Waals surface area contributed by atoms with Crippen molar-refractivity contribution in [3.05, 3.63) is 0 Å². The van der Waals surface area contributed by atoms with Crippen LogP contribution in [0, 0.1) is 0 Å². The second-order valence-corrected chi connectivity index (χ2v) is 9.28. The minimum atomic E-state index is -0.403. The van der Waals surface area contributed by atoms with Crippen molar-refractivity contribution in [2.24, 2.45) is 0 Å². The lowest BCUT2D eigenvalue weighted by molar-refractivity contribution is -0.0691. The highest BCUT2D eigenvalue weighted by molar-refractivity contribution is 5.85. The molecule has 29 heavy (non-hydrogen) atoms. The lowest BCUT2D eigenvalue weighted by atomic mass is 10.2. The largest absolute Gasteiger partial charge is 0.444 e. The Hall–Kier alpha value is -0.600. The predicted molar refractivity (Wildman–Crippen MR) is 114 cm³/mol. The van der Waals surface area contributed by atoms with Gasteiger partial charge in [0, 0.05) is 26.3 Å². The van der Waals surface area contributed by atoms with Crippen LogP contribution in [0.4, 0.5) is 4.79 Å². The molecule has 170 valence electrons. The minimum Gasteiger partial charge on any atom is -0.444 e. The van der Waals surface area contributed by atoms with Crippen molar-refractivity contribution in [3.8, 4) is 0 Å². The van der Waals surface area contributed by atoms with Crippen LogP contribution < -0.4 is 5.32 Å². The molecule has 5 aliphatic rings. The lowest BCUT2D eigenvalue weighted by Crippen LogP contribution is -2.56. The van der Waals surface area contributed by atoms with Crippen molar-refractivity contribution in [3.63, 3.8) is 0 Å². The van der Waals surface area contributed by atoms with Gasteiger partial charge in [0.05, 0.1) is 37.5 Å². The Labute approximate surface area is 181 Å². The van der Waals surface area contributed by atoms with E-state index in [1.54, 1.807) is 4.90 Å². The smallest absolute Gasteiger partial charge is 0.410 e. The van der Waals surface area contributed by atoms with Crippen LogP contribution in [0.2, 0.25) is 0 Å². The highest BCUT2D eigenvalue weighted by atomic mass is 35.5. The number of rotatable bonds is 4. The molecule has 0 spiro atoms. The van der Waals surface area contributed by atoms with Gasteiger partial charge in [-0.3, -0.25) is 0 Å². The standard InChI is InChI=1S/C11H19NO3.C6H11NO.C4H8O.ClH/c1-11(2,3)15-10(13)12-6-9(7-12)14-8-4-5-8;1-2-5(1)8-6-3-7-4-6;1-2-4-5-3-1;/h8-9H,4-7H2,1-3H3;5-7H,1-4H2;1-4H2;1H. The monoisotopic (exact) mass is 434 g/mol. The molecule has 3 heterocycles. The van der Waals surface area contributed by atoms with Gasteiger partial charge in [-0.1, -0.05) is 0 Å². The summed E-state index contributed by atoms with van der Waals surface area (Å²) < 4.78 is 21.4. The van der Waals surface area contributed by atoms with Crippen LogP contribution in [-0.4, -0.2) is 80.4 Å². The van der Waals surface area contributed by atoms with Gasteiger partial charge >= 0.3 is 6.09 Å². The Morgan fingerprint density at radius 1 is 0.897 bits per heavy atom. The molecule has 0 aromatic heterocycles. The molecule has 3 saturated heterocycles. The zero-order chi connectivity index (χ0) is 20.0. The molecule has 0 bridgehead atoms. The second kappa shape index (κ2) is 11.7. The zero-order valence-electron chi connectivity index (χ0n) is 18.2. The maximum absolute atomic E-state index is 11.5. The first kappa shape index (κ1) is 24.7. The zero-order valence-corrected chi connectivity index (χ0v) is 19.0. The van der Waals surface area contributed by atoms with E-state index in [1.807, 2.05) is 20.8 Å². The summed E-state index contributed by atoms with van der Waals surface area (Å²) in [6, 6.07) is 0. The van der Waals surface area contributed by atoms with Crippen LogP contribution in [-0.2, 0) is 18.9 Å². The lowest BCUT2D eigenvalue weighted by Gasteiger charge is -2.39. The summed E-state index contributed by atoms with van der Waals surface area (Å²) in [5.74, 6) is 0. The Morgan fingerprint density at radius 2 is 1.41 bits per heavy atom. The molecule has 2 aliphatic carbocycles. The van der Waals surface area contributed by atoms with Gasteiger partial charge in [-0.05, 0) is 59.3 Å². The third-order valence-electron chi connectivity index (χ3n) is 4.89. The van der Waals surface area contributed by atoms with Crippen LogP contribution in [0.15, 0.2) is 0 Å². The molecular weight excluding hydrogens is 396 g/mol. The molecular formula is C21H39ClN2O5. The summed E-state index contributed by atoms with van der Waals surface area (Å²) in [6.07, 6.45) is 9.21. The molecule has 8 heteroatoms. The highest BCUT2D eigenvalue weighted by Crippen LogP contribution is 2.28. The number of halogens is 1. The number of nitrogens with zero attached hydrogens (tertiary/aromatic N) is 1. The molecule has 1 amide bonds. The summed E-state index contributed by atoms with van der Waals surface area (Å²) in [6.45, 7) is 11.2. The van der Waals surface area contributed by atoms with Gasteiger partial charge in [0.25, 0.3) is 0 Å². The molecule has 0 aromatic rings. The summed E-state index contributed by atoms with van der Waals surface area (Å²) in [7, 11) is 0. The first-order chi connectivity index (χ1) is 13.4. The van der Waals surface area contributed by atoms with E-state index in [4.69, 9.17) is 18.9 Å². The van der Waals surface area contributed by atoms with Crippen LogP contribution in [0.1, 0.15) is 59.3 Å². The molecule has 1 N–H and O–H groups in total. The van der Waals surface area contributed by atoms with Gasteiger partial charge in [0.2, 0.25) is 0 Å². The molecule has 0 radical (unpaired) electrons. The Morgan fingerprint density at radius 3 is 1.76 bits per heavy atom. The van der Waals surface area contributed by atoms with Crippen LogP contribution in [0.5, 0.6) is 0 Å². The molecule has 7 nitrogen and oxygen atoms in total. The molecule has 2 saturated carbocycles. The first-order valence-corrected chi connectivity index (χ1v) is 11.0. The van der Waals surface area contributed by atoms with Gasteiger partial charge in [0.15, 0.2) is 0 Å². The van der Waals surface area contributed by atoms with Crippen molar-refractivity contribution in [2.45, 2.75) is 89.3 Å². The van der Waals surface area contributed by atoms with Crippen molar-refractivity contribution < 1.29 is 23.7 Å². The van der Waals surface area contributed by atoms with E-state index in [0.717, 1.165) is 26.3 Å². The van der Waals surface area contributed by atoms with E-state index in [-0.39, 0.29) is 24.6 Å². The molecule has 0 unspecified atom stereocenters. The molecule has 0 aromatic carbocycles. The molecule has 3 aliphatic heterocycles.